The number of rotatable bonds is 6. The smallest absolute Gasteiger partial charge is 0.290 e. The summed E-state index contributed by atoms with van der Waals surface area (Å²) < 4.78 is 17.0. The standard InChI is InChI=1S/C26H34N2O6/c1-16-4-7-20-18(14-16)24(30)22-23(17-5-6-19(29)21(15-17)32-2)28(26(31)25(22)34-20)9-3-8-27-10-12-33-13-11-27/h5-6,15-16,18,20,23,29H,3-4,7-14H2,1-2H3. The number of nitrogens with zero attached hydrogens (tertiary/aromatic N) is 2. The van der Waals surface area contributed by atoms with Crippen molar-refractivity contribution in [3.8, 4) is 11.5 Å². The zero-order valence-electron chi connectivity index (χ0n) is 20.0. The van der Waals surface area contributed by atoms with Crippen LogP contribution in [0.3, 0.4) is 0 Å². The number of methoxy groups -OCH3 is 1. The van der Waals surface area contributed by atoms with Gasteiger partial charge in [0.2, 0.25) is 0 Å². The van der Waals surface area contributed by atoms with E-state index in [9.17, 15) is 14.7 Å². The third-order valence-corrected chi connectivity index (χ3v) is 7.70. The molecule has 1 N–H and O–H groups in total. The second-order valence-electron chi connectivity index (χ2n) is 9.93. The third kappa shape index (κ3) is 4.18. The van der Waals surface area contributed by atoms with Crippen LogP contribution in [0.2, 0.25) is 0 Å². The Hall–Kier alpha value is -2.58. The SMILES string of the molecule is COc1cc(C2C3=C(OC4CCC(C)CC4C3=O)C(=O)N2CCCN2CCOCC2)ccc1O. The van der Waals surface area contributed by atoms with Crippen molar-refractivity contribution in [1.82, 2.24) is 9.80 Å². The number of fused-ring (bicyclic) bond motifs is 1. The number of phenols is 1. The molecule has 0 radical (unpaired) electrons. The number of carbonyl (C=O) groups is 2. The number of morpholine rings is 1. The topological polar surface area (TPSA) is 88.5 Å². The molecule has 5 rings (SSSR count). The number of carbonyl (C=O) groups excluding carboxylic acids is 2. The Balaban J connectivity index is 1.45. The molecule has 1 aromatic rings. The second kappa shape index (κ2) is 9.58. The summed E-state index contributed by atoms with van der Waals surface area (Å²) in [6, 6.07) is 4.51. The number of hydrogen-bond acceptors (Lipinski definition) is 7. The highest BCUT2D eigenvalue weighted by atomic mass is 16.5. The minimum Gasteiger partial charge on any atom is -0.504 e. The van der Waals surface area contributed by atoms with E-state index in [1.165, 1.54) is 7.11 Å². The Bertz CT molecular complexity index is 986. The summed E-state index contributed by atoms with van der Waals surface area (Å²) in [6.07, 6.45) is 3.17. The maximum absolute atomic E-state index is 13.8. The van der Waals surface area contributed by atoms with Gasteiger partial charge in [-0.25, -0.2) is 0 Å². The van der Waals surface area contributed by atoms with E-state index >= 15 is 0 Å². The van der Waals surface area contributed by atoms with Gasteiger partial charge >= 0.3 is 0 Å². The molecule has 2 fully saturated rings. The van der Waals surface area contributed by atoms with Gasteiger partial charge in [0.05, 0.1) is 37.9 Å². The van der Waals surface area contributed by atoms with Crippen molar-refractivity contribution in [2.24, 2.45) is 11.8 Å². The maximum Gasteiger partial charge on any atom is 0.290 e. The highest BCUT2D eigenvalue weighted by Crippen LogP contribution is 2.48. The average molecular weight is 471 g/mol. The van der Waals surface area contributed by atoms with E-state index in [-0.39, 0.29) is 35.2 Å². The quantitative estimate of drug-likeness (QED) is 0.684. The van der Waals surface area contributed by atoms with Gasteiger partial charge in [-0.3, -0.25) is 14.5 Å². The largest absolute Gasteiger partial charge is 0.504 e. The molecule has 34 heavy (non-hydrogen) atoms. The molecule has 1 aromatic carbocycles. The summed E-state index contributed by atoms with van der Waals surface area (Å²) in [5.74, 6) is 0.661. The summed E-state index contributed by atoms with van der Waals surface area (Å²) in [5, 5.41) is 10.1. The van der Waals surface area contributed by atoms with Gasteiger partial charge in [0.15, 0.2) is 23.0 Å². The predicted molar refractivity (Wildman–Crippen MR) is 124 cm³/mol. The molecule has 1 saturated carbocycles. The van der Waals surface area contributed by atoms with E-state index in [2.05, 4.69) is 11.8 Å². The van der Waals surface area contributed by atoms with Crippen LogP contribution in [0, 0.1) is 11.8 Å². The first-order valence-corrected chi connectivity index (χ1v) is 12.4. The molecule has 4 aliphatic rings. The van der Waals surface area contributed by atoms with E-state index in [1.807, 2.05) is 0 Å². The summed E-state index contributed by atoms with van der Waals surface area (Å²) in [5.41, 5.74) is 1.22. The molecule has 3 heterocycles. The van der Waals surface area contributed by atoms with E-state index in [0.29, 0.717) is 23.8 Å². The molecule has 0 aromatic heterocycles. The molecule has 1 aliphatic carbocycles. The maximum atomic E-state index is 13.8. The summed E-state index contributed by atoms with van der Waals surface area (Å²) in [7, 11) is 1.49. The van der Waals surface area contributed by atoms with Crippen LogP contribution in [0.1, 0.15) is 44.2 Å². The fourth-order valence-electron chi connectivity index (χ4n) is 5.86. The molecular formula is C26H34N2O6. The highest BCUT2D eigenvalue weighted by Gasteiger charge is 2.52. The van der Waals surface area contributed by atoms with Crippen LogP contribution >= 0.6 is 0 Å². The number of aromatic hydroxyl groups is 1. The Morgan fingerprint density at radius 1 is 1.15 bits per heavy atom. The summed E-state index contributed by atoms with van der Waals surface area (Å²) in [4.78, 5) is 31.5. The molecule has 3 aliphatic heterocycles. The third-order valence-electron chi connectivity index (χ3n) is 7.70. The van der Waals surface area contributed by atoms with Crippen molar-refractivity contribution in [2.75, 3.05) is 46.5 Å². The Morgan fingerprint density at radius 3 is 2.71 bits per heavy atom. The van der Waals surface area contributed by atoms with Gasteiger partial charge in [0, 0.05) is 26.2 Å². The Kier molecular flexibility index (Phi) is 6.53. The lowest BCUT2D eigenvalue weighted by Gasteiger charge is -2.37. The van der Waals surface area contributed by atoms with Crippen molar-refractivity contribution >= 4 is 11.7 Å². The Labute approximate surface area is 200 Å². The van der Waals surface area contributed by atoms with Crippen molar-refractivity contribution in [1.29, 1.82) is 0 Å². The van der Waals surface area contributed by atoms with Gasteiger partial charge in [-0.2, -0.15) is 0 Å². The summed E-state index contributed by atoms with van der Waals surface area (Å²) >= 11 is 0. The molecule has 4 unspecified atom stereocenters. The number of benzene rings is 1. The van der Waals surface area contributed by atoms with Crippen molar-refractivity contribution in [2.45, 2.75) is 44.8 Å². The van der Waals surface area contributed by atoms with Crippen LogP contribution in [0.25, 0.3) is 0 Å². The summed E-state index contributed by atoms with van der Waals surface area (Å²) in [6.45, 7) is 6.80. The van der Waals surface area contributed by atoms with Crippen LogP contribution in [-0.4, -0.2) is 79.2 Å². The lowest BCUT2D eigenvalue weighted by molar-refractivity contribution is -0.136. The number of ether oxygens (including phenoxy) is 3. The molecule has 1 saturated heterocycles. The molecule has 0 bridgehead atoms. The minimum atomic E-state index is -0.535. The zero-order chi connectivity index (χ0) is 23.8. The highest BCUT2D eigenvalue weighted by molar-refractivity contribution is 6.11. The molecular weight excluding hydrogens is 436 g/mol. The lowest BCUT2D eigenvalue weighted by Crippen LogP contribution is -2.41. The molecule has 8 heteroatoms. The first-order chi connectivity index (χ1) is 16.5. The van der Waals surface area contributed by atoms with Crippen molar-refractivity contribution in [3.05, 3.63) is 35.1 Å². The van der Waals surface area contributed by atoms with Crippen LogP contribution in [0.4, 0.5) is 0 Å². The number of amides is 1. The molecule has 4 atom stereocenters. The van der Waals surface area contributed by atoms with Crippen LogP contribution in [0.5, 0.6) is 11.5 Å². The first kappa shape index (κ1) is 23.2. The van der Waals surface area contributed by atoms with E-state index in [4.69, 9.17) is 14.2 Å². The normalized spacial score (nSPS) is 29.6. The van der Waals surface area contributed by atoms with Gasteiger partial charge in [-0.05, 0) is 49.3 Å². The lowest BCUT2D eigenvalue weighted by atomic mass is 9.74. The zero-order valence-corrected chi connectivity index (χ0v) is 20.0. The number of hydrogen-bond donors (Lipinski definition) is 1. The van der Waals surface area contributed by atoms with E-state index in [1.54, 1.807) is 23.1 Å². The Morgan fingerprint density at radius 2 is 1.94 bits per heavy atom. The number of phenolic OH excluding ortho intramolecular Hbond substituents is 1. The fourth-order valence-corrected chi connectivity index (χ4v) is 5.86. The van der Waals surface area contributed by atoms with Crippen LogP contribution in [0.15, 0.2) is 29.5 Å². The van der Waals surface area contributed by atoms with Crippen molar-refractivity contribution in [3.63, 3.8) is 0 Å². The first-order valence-electron chi connectivity index (χ1n) is 12.4. The van der Waals surface area contributed by atoms with Gasteiger partial charge in [-0.1, -0.05) is 13.0 Å². The number of Topliss-reactive ketones (excluding diaryl/α,β-unsaturated/α-hetero) is 1. The van der Waals surface area contributed by atoms with Gasteiger partial charge in [0.1, 0.15) is 6.10 Å². The monoisotopic (exact) mass is 470 g/mol. The fraction of sp³-hybridized carbons (Fsp3) is 0.615. The van der Waals surface area contributed by atoms with Gasteiger partial charge in [0.25, 0.3) is 5.91 Å². The minimum absolute atomic E-state index is 0.0241. The van der Waals surface area contributed by atoms with Crippen LogP contribution in [-0.2, 0) is 19.1 Å². The molecule has 184 valence electrons. The molecule has 0 spiro atoms. The predicted octanol–water partition coefficient (Wildman–Crippen LogP) is 2.66. The van der Waals surface area contributed by atoms with E-state index < -0.39 is 6.04 Å². The van der Waals surface area contributed by atoms with Crippen molar-refractivity contribution < 1.29 is 28.9 Å². The average Bonchev–Trinajstić information content (AvgIpc) is 3.12. The van der Waals surface area contributed by atoms with E-state index in [0.717, 1.165) is 64.1 Å². The number of ketones is 1. The van der Waals surface area contributed by atoms with Crippen LogP contribution < -0.4 is 4.74 Å². The molecule has 1 amide bonds. The van der Waals surface area contributed by atoms with Gasteiger partial charge in [-0.15, -0.1) is 0 Å². The van der Waals surface area contributed by atoms with Gasteiger partial charge < -0.3 is 24.2 Å². The molecule has 8 nitrogen and oxygen atoms in total. The second-order valence-corrected chi connectivity index (χ2v) is 9.93.